The van der Waals surface area contributed by atoms with Crippen molar-refractivity contribution in [1.29, 1.82) is 5.41 Å². The third-order valence-corrected chi connectivity index (χ3v) is 15.6. The lowest BCUT2D eigenvalue weighted by Crippen LogP contribution is -2.62. The number of nitrogens with one attached hydrogen (secondary N) is 13. The Morgan fingerprint density at radius 1 is 0.471 bits per heavy atom. The molecule has 40 nitrogen and oxygen atoms in total. The molecule has 0 aromatic heterocycles. The van der Waals surface area contributed by atoms with Crippen LogP contribution in [-0.4, -0.2) is 242 Å². The van der Waals surface area contributed by atoms with Crippen LogP contribution in [0.3, 0.4) is 0 Å². The highest BCUT2D eigenvalue weighted by molar-refractivity contribution is 6.01. The predicted octanol–water partition coefficient (Wildman–Crippen LogP) is -6.78. The smallest absolute Gasteiger partial charge is 0.326 e. The van der Waals surface area contributed by atoms with Crippen molar-refractivity contribution in [3.05, 3.63) is 0 Å². The number of unbranched alkanes of at least 4 members (excludes halogenated alkanes) is 1. The van der Waals surface area contributed by atoms with E-state index in [2.05, 4.69) is 63.8 Å². The third-order valence-electron chi connectivity index (χ3n) is 15.6. The number of aliphatic carboxylic acids is 4. The van der Waals surface area contributed by atoms with E-state index in [-0.39, 0.29) is 88.8 Å². The van der Waals surface area contributed by atoms with Gasteiger partial charge in [0.1, 0.15) is 66.5 Å². The van der Waals surface area contributed by atoms with E-state index in [0.717, 1.165) is 11.8 Å². The fraction of sp³-hybridized carbons (Fsp3) is 0.710. The first-order chi connectivity index (χ1) is 47.5. The predicted molar refractivity (Wildman–Crippen MR) is 360 cm³/mol. The topological polar surface area (TPSA) is 667 Å². The number of guanidine groups is 1. The zero-order valence-corrected chi connectivity index (χ0v) is 59.0. The summed E-state index contributed by atoms with van der Waals surface area (Å²) in [5.74, 6) is -22.2. The fourth-order valence-corrected chi connectivity index (χ4v) is 10.5. The summed E-state index contributed by atoms with van der Waals surface area (Å²) in [7, 11) is 0. The van der Waals surface area contributed by atoms with Crippen LogP contribution in [0.2, 0.25) is 0 Å². The summed E-state index contributed by atoms with van der Waals surface area (Å²) in [6, 6.07) is -19.5. The van der Waals surface area contributed by atoms with E-state index >= 15 is 0 Å². The van der Waals surface area contributed by atoms with Gasteiger partial charge in [0.25, 0.3) is 0 Å². The summed E-state index contributed by atoms with van der Waals surface area (Å²) in [5, 5.41) is 85.1. The number of carboxylic acid groups (broad SMARTS) is 4. The minimum atomic E-state index is -2.09. The molecule has 1 heterocycles. The highest BCUT2D eigenvalue weighted by atomic mass is 16.4. The van der Waals surface area contributed by atoms with Crippen LogP contribution in [0.1, 0.15) is 152 Å². The normalized spacial score (nSPS) is 16.2. The van der Waals surface area contributed by atoms with Gasteiger partial charge in [-0.15, -0.1) is 0 Å². The molecule has 1 aliphatic heterocycles. The van der Waals surface area contributed by atoms with Crippen LogP contribution >= 0.6 is 0 Å². The van der Waals surface area contributed by atoms with Crippen molar-refractivity contribution in [2.45, 2.75) is 231 Å². The fourth-order valence-electron chi connectivity index (χ4n) is 10.5. The van der Waals surface area contributed by atoms with Gasteiger partial charge in [-0.2, -0.15) is 0 Å². The number of rotatable bonds is 48. The number of amides is 13. The molecule has 0 aliphatic carbocycles. The zero-order chi connectivity index (χ0) is 78.0. The van der Waals surface area contributed by atoms with Crippen LogP contribution in [0.25, 0.3) is 0 Å². The SMILES string of the molecule is CC(C)C[C@H](NC(=O)CNC(=O)[C@@H]1CCCN1C(=O)[C@H](CCCNC(=N)N)NC(=O)[C@H](CC(=O)O)NC(=O)[C@@H](NC(=O)[C@H](CC(N)=O)NC(=O)[C@@H](NC(=O)[C@@H](N)CC(=O)O)C(C)C)[C@@H](C)O)C(=O)N[C@@H](CC(C)C)C(=O)N[C@@H](CC(=O)O)C(=O)N[C@@H](CC(C)C)C(=O)N[C@@H](CCCCN)C(=O)O. The molecule has 26 N–H and O–H groups in total. The molecule has 40 heteroatoms. The number of aliphatic hydroxyl groups excluding tert-OH is 1. The second kappa shape index (κ2) is 45.1. The lowest BCUT2D eigenvalue weighted by Gasteiger charge is -2.30. The minimum absolute atomic E-state index is 0.00174. The molecule has 576 valence electrons. The van der Waals surface area contributed by atoms with E-state index in [1.807, 2.05) is 0 Å². The summed E-state index contributed by atoms with van der Waals surface area (Å²) >= 11 is 0. The molecular weight excluding hydrogens is 1350 g/mol. The average molecular weight is 1460 g/mol. The van der Waals surface area contributed by atoms with Gasteiger partial charge in [-0.25, -0.2) is 4.79 Å². The standard InChI is InChI=1S/C62H106N18O22/c1-28(2)20-36(51(91)73-38(22-30(5)6)53(93)75-40(25-46(86)87)55(95)74-37(21-29(3)4)52(92)72-35(61(101)102)14-10-11-17-63)70-44(83)27-69-57(97)42-16-13-19-80(42)60(100)34(15-12-18-68-62(66)67)71-54(94)41(26-47(88)89)77-59(99)49(32(9)81)79-56(96)39(24-43(65)82)76-58(98)48(31(7)8)78-50(90)33(64)23-45(84)85/h28-42,48-49,81H,10-27,63-64H2,1-9H3,(H2,65,82)(H,69,97)(H,70,83)(H,71,94)(H,72,92)(H,73,91)(H,74,95)(H,75,93)(H,76,98)(H,77,99)(H,78,90)(H,79,96)(H,84,85)(H,86,87)(H,88,89)(H,101,102)(H4,66,67,68)/t32-,33+,34+,35+,36+,37+,38+,39+,40+,41+,42+,48+,49+/m1/s1. The van der Waals surface area contributed by atoms with Gasteiger partial charge >= 0.3 is 23.9 Å². The van der Waals surface area contributed by atoms with E-state index in [1.54, 1.807) is 41.5 Å². The van der Waals surface area contributed by atoms with Gasteiger partial charge in [0, 0.05) is 13.1 Å². The number of hydrogen-bond acceptors (Lipinski definition) is 21. The Bertz CT molecular complexity index is 2970. The molecule has 0 aromatic carbocycles. The van der Waals surface area contributed by atoms with E-state index in [4.69, 9.17) is 33.5 Å². The largest absolute Gasteiger partial charge is 0.481 e. The molecule has 0 unspecified atom stereocenters. The summed E-state index contributed by atoms with van der Waals surface area (Å²) in [5.41, 5.74) is 21.9. The molecule has 1 rings (SSSR count). The molecule has 1 aliphatic rings. The summed E-state index contributed by atoms with van der Waals surface area (Å²) in [6.07, 6.45) is -5.22. The number of hydrogen-bond donors (Lipinski definition) is 22. The minimum Gasteiger partial charge on any atom is -0.481 e. The number of nitrogens with zero attached hydrogens (tertiary/aromatic N) is 1. The molecule has 0 radical (unpaired) electrons. The monoisotopic (exact) mass is 1450 g/mol. The maximum absolute atomic E-state index is 14.5. The average Bonchev–Trinajstić information content (AvgIpc) is 1.57. The summed E-state index contributed by atoms with van der Waals surface area (Å²) < 4.78 is 0. The van der Waals surface area contributed by atoms with Crippen LogP contribution in [0.5, 0.6) is 0 Å². The van der Waals surface area contributed by atoms with Gasteiger partial charge in [-0.3, -0.25) is 82.1 Å². The Labute approximate surface area is 589 Å². The van der Waals surface area contributed by atoms with E-state index in [0.29, 0.717) is 12.8 Å². The van der Waals surface area contributed by atoms with Gasteiger partial charge in [-0.1, -0.05) is 55.4 Å². The van der Waals surface area contributed by atoms with E-state index in [9.17, 15) is 102 Å². The highest BCUT2D eigenvalue weighted by Gasteiger charge is 2.41. The van der Waals surface area contributed by atoms with Gasteiger partial charge in [0.2, 0.25) is 76.8 Å². The Balaban J connectivity index is 3.47. The van der Waals surface area contributed by atoms with Crippen LogP contribution in [0, 0.1) is 29.1 Å². The van der Waals surface area contributed by atoms with E-state index in [1.165, 1.54) is 13.8 Å². The molecule has 1 saturated heterocycles. The molecule has 0 saturated carbocycles. The molecule has 13 amide bonds. The summed E-state index contributed by atoms with van der Waals surface area (Å²) in [4.78, 5) is 226. The quantitative estimate of drug-likeness (QED) is 0.0153. The Morgan fingerprint density at radius 2 is 0.873 bits per heavy atom. The van der Waals surface area contributed by atoms with Crippen molar-refractivity contribution in [3.63, 3.8) is 0 Å². The number of carboxylic acids is 4. The van der Waals surface area contributed by atoms with Gasteiger partial charge in [-0.05, 0) is 101 Å². The van der Waals surface area contributed by atoms with E-state index < -0.39 is 223 Å². The van der Waals surface area contributed by atoms with Crippen LogP contribution in [-0.2, 0) is 81.5 Å². The first-order valence-electron chi connectivity index (χ1n) is 33.5. The number of nitrogens with two attached hydrogens (primary N) is 4. The molecular formula is C62H106N18O22. The first-order valence-corrected chi connectivity index (χ1v) is 33.5. The number of carbonyl (C=O) groups excluding carboxylic acids is 13. The molecule has 0 spiro atoms. The van der Waals surface area contributed by atoms with Crippen molar-refractivity contribution < 1.29 is 107 Å². The first kappa shape index (κ1) is 90.2. The Hall–Kier alpha value is -9.86. The van der Waals surface area contributed by atoms with Crippen molar-refractivity contribution >= 4 is 107 Å². The molecule has 13 atom stereocenters. The zero-order valence-electron chi connectivity index (χ0n) is 59.0. The number of aliphatic hydroxyl groups is 1. The van der Waals surface area contributed by atoms with Crippen molar-refractivity contribution in [2.75, 3.05) is 26.2 Å². The van der Waals surface area contributed by atoms with Crippen LogP contribution < -0.4 is 86.7 Å². The Morgan fingerprint density at radius 3 is 1.30 bits per heavy atom. The maximum Gasteiger partial charge on any atom is 0.326 e. The summed E-state index contributed by atoms with van der Waals surface area (Å²) in [6.45, 7) is 13.4. The highest BCUT2D eigenvalue weighted by Crippen LogP contribution is 2.21. The number of primary amides is 1. The Kier molecular flexibility index (Phi) is 39.9. The molecule has 0 bridgehead atoms. The number of likely N-dealkylation sites (tertiary alicyclic amines) is 1. The van der Waals surface area contributed by atoms with Gasteiger partial charge < -0.3 is 117 Å². The van der Waals surface area contributed by atoms with Gasteiger partial charge in [0.15, 0.2) is 5.96 Å². The lowest BCUT2D eigenvalue weighted by atomic mass is 9.99. The third kappa shape index (κ3) is 34.0. The maximum atomic E-state index is 14.5. The van der Waals surface area contributed by atoms with Crippen molar-refractivity contribution in [3.8, 4) is 0 Å². The lowest BCUT2D eigenvalue weighted by molar-refractivity contribution is -0.144. The second-order valence-electron chi connectivity index (χ2n) is 26.5. The van der Waals surface area contributed by atoms with Crippen molar-refractivity contribution in [1.82, 2.24) is 68.7 Å². The second-order valence-corrected chi connectivity index (χ2v) is 26.5. The van der Waals surface area contributed by atoms with Crippen LogP contribution in [0.4, 0.5) is 0 Å². The molecule has 1 fully saturated rings. The molecule has 0 aromatic rings. The van der Waals surface area contributed by atoms with Crippen LogP contribution in [0.15, 0.2) is 0 Å². The molecule has 102 heavy (non-hydrogen) atoms. The number of carbonyl (C=O) groups is 17. The van der Waals surface area contributed by atoms with Crippen molar-refractivity contribution in [2.24, 2.45) is 46.6 Å². The van der Waals surface area contributed by atoms with Gasteiger partial charge in [0.05, 0.1) is 44.4 Å².